The molecule has 3 N–H and O–H groups in total. The van der Waals surface area contributed by atoms with Gasteiger partial charge in [-0.1, -0.05) is 6.07 Å². The molecule has 1 saturated carbocycles. The maximum Gasteiger partial charge on any atom is 0.251 e. The molecule has 0 spiro atoms. The first-order valence-corrected chi connectivity index (χ1v) is 6.86. The van der Waals surface area contributed by atoms with E-state index in [4.69, 9.17) is 5.73 Å². The summed E-state index contributed by atoms with van der Waals surface area (Å²) in [7, 11) is 0. The largest absolute Gasteiger partial charge is 0.352 e. The number of halogens is 1. The van der Waals surface area contributed by atoms with Crippen LogP contribution in [0.25, 0.3) is 0 Å². The van der Waals surface area contributed by atoms with E-state index in [0.29, 0.717) is 29.6 Å². The quantitative estimate of drug-likeness (QED) is 0.880. The Bertz CT molecular complexity index is 453. The highest BCUT2D eigenvalue weighted by molar-refractivity contribution is 5.94. The van der Waals surface area contributed by atoms with Gasteiger partial charge in [-0.25, -0.2) is 4.39 Å². The molecule has 1 aliphatic carbocycles. The van der Waals surface area contributed by atoms with Gasteiger partial charge in [0.2, 0.25) is 0 Å². The minimum Gasteiger partial charge on any atom is -0.352 e. The van der Waals surface area contributed by atoms with Crippen LogP contribution in [0.15, 0.2) is 18.2 Å². The van der Waals surface area contributed by atoms with Gasteiger partial charge in [0, 0.05) is 18.2 Å². The van der Waals surface area contributed by atoms with Gasteiger partial charge >= 0.3 is 0 Å². The summed E-state index contributed by atoms with van der Waals surface area (Å²) < 4.78 is 13.4. The van der Waals surface area contributed by atoms with Crippen molar-refractivity contribution in [1.29, 1.82) is 0 Å². The third kappa shape index (κ3) is 3.77. The standard InChI is InChI=1S/C15H21FN2O/c1-10-2-5-12(8-14(10)16)15(19)18-9-11-3-6-13(17)7-4-11/h2,5,8,11,13H,3-4,6-7,9,17H2,1H3,(H,18,19). The van der Waals surface area contributed by atoms with Crippen molar-refractivity contribution in [1.82, 2.24) is 5.32 Å². The molecule has 1 fully saturated rings. The molecule has 2 rings (SSSR count). The summed E-state index contributed by atoms with van der Waals surface area (Å²) in [6, 6.07) is 4.90. The minimum absolute atomic E-state index is 0.200. The number of rotatable bonds is 3. The Morgan fingerprint density at radius 3 is 2.68 bits per heavy atom. The highest BCUT2D eigenvalue weighted by atomic mass is 19.1. The van der Waals surface area contributed by atoms with E-state index in [1.54, 1.807) is 19.1 Å². The molecule has 0 saturated heterocycles. The van der Waals surface area contributed by atoms with Gasteiger partial charge in [0.25, 0.3) is 5.91 Å². The third-order valence-electron chi connectivity index (χ3n) is 3.88. The van der Waals surface area contributed by atoms with Crippen LogP contribution in [0.3, 0.4) is 0 Å². The number of aryl methyl sites for hydroxylation is 1. The topological polar surface area (TPSA) is 55.1 Å². The van der Waals surface area contributed by atoms with Crippen molar-refractivity contribution >= 4 is 5.91 Å². The Balaban J connectivity index is 1.85. The molecular weight excluding hydrogens is 243 g/mol. The molecule has 1 aromatic carbocycles. The number of amides is 1. The van der Waals surface area contributed by atoms with Crippen molar-refractivity contribution in [3.05, 3.63) is 35.1 Å². The Morgan fingerprint density at radius 2 is 2.05 bits per heavy atom. The average molecular weight is 264 g/mol. The molecule has 0 radical (unpaired) electrons. The zero-order valence-corrected chi connectivity index (χ0v) is 11.3. The number of nitrogens with one attached hydrogen (secondary N) is 1. The predicted octanol–water partition coefficient (Wildman–Crippen LogP) is 2.38. The minimum atomic E-state index is -0.337. The molecule has 19 heavy (non-hydrogen) atoms. The number of hydrogen-bond donors (Lipinski definition) is 2. The van der Waals surface area contributed by atoms with Crippen molar-refractivity contribution in [2.45, 2.75) is 38.6 Å². The Kier molecular flexibility index (Phi) is 4.53. The normalized spacial score (nSPS) is 23.1. The summed E-state index contributed by atoms with van der Waals surface area (Å²) in [6.07, 6.45) is 4.17. The fourth-order valence-electron chi connectivity index (χ4n) is 2.47. The molecule has 104 valence electrons. The Morgan fingerprint density at radius 1 is 1.37 bits per heavy atom. The number of benzene rings is 1. The van der Waals surface area contributed by atoms with Crippen LogP contribution in [0.5, 0.6) is 0 Å². The van der Waals surface area contributed by atoms with Crippen LogP contribution in [0, 0.1) is 18.7 Å². The molecule has 3 nitrogen and oxygen atoms in total. The van der Waals surface area contributed by atoms with Crippen LogP contribution in [0.2, 0.25) is 0 Å². The first kappa shape index (κ1) is 14.0. The molecule has 0 atom stereocenters. The van der Waals surface area contributed by atoms with E-state index in [2.05, 4.69) is 5.32 Å². The third-order valence-corrected chi connectivity index (χ3v) is 3.88. The van der Waals surface area contributed by atoms with Gasteiger partial charge in [-0.05, 0) is 56.2 Å². The van der Waals surface area contributed by atoms with Crippen LogP contribution < -0.4 is 11.1 Å². The zero-order valence-electron chi connectivity index (χ0n) is 11.3. The maximum absolute atomic E-state index is 13.4. The van der Waals surface area contributed by atoms with Crippen molar-refractivity contribution in [3.63, 3.8) is 0 Å². The van der Waals surface area contributed by atoms with Gasteiger partial charge in [-0.2, -0.15) is 0 Å². The van der Waals surface area contributed by atoms with E-state index in [1.165, 1.54) is 6.07 Å². The lowest BCUT2D eigenvalue weighted by Gasteiger charge is -2.26. The molecule has 1 amide bonds. The highest BCUT2D eigenvalue weighted by Gasteiger charge is 2.19. The molecule has 0 unspecified atom stereocenters. The summed E-state index contributed by atoms with van der Waals surface area (Å²) in [4.78, 5) is 11.9. The summed E-state index contributed by atoms with van der Waals surface area (Å²) in [6.45, 7) is 2.34. The molecule has 1 aromatic rings. The Hall–Kier alpha value is -1.42. The van der Waals surface area contributed by atoms with Crippen LogP contribution in [0.4, 0.5) is 4.39 Å². The highest BCUT2D eigenvalue weighted by Crippen LogP contribution is 2.22. The van der Waals surface area contributed by atoms with Crippen LogP contribution in [-0.2, 0) is 0 Å². The smallest absolute Gasteiger partial charge is 0.251 e. The van der Waals surface area contributed by atoms with Crippen molar-refractivity contribution in [2.24, 2.45) is 11.7 Å². The van der Waals surface area contributed by atoms with E-state index in [-0.39, 0.29) is 11.7 Å². The summed E-state index contributed by atoms with van der Waals surface area (Å²) in [5.41, 5.74) is 6.78. The van der Waals surface area contributed by atoms with Crippen molar-refractivity contribution in [2.75, 3.05) is 6.54 Å². The fraction of sp³-hybridized carbons (Fsp3) is 0.533. The molecule has 0 heterocycles. The second-order valence-corrected chi connectivity index (χ2v) is 5.45. The van der Waals surface area contributed by atoms with Crippen LogP contribution in [0.1, 0.15) is 41.6 Å². The van der Waals surface area contributed by atoms with Crippen LogP contribution >= 0.6 is 0 Å². The lowest BCUT2D eigenvalue weighted by atomic mass is 9.86. The molecule has 0 aliphatic heterocycles. The molecule has 0 aromatic heterocycles. The number of carbonyl (C=O) groups excluding carboxylic acids is 1. The first-order valence-electron chi connectivity index (χ1n) is 6.86. The number of carbonyl (C=O) groups is 1. The second kappa shape index (κ2) is 6.15. The number of nitrogens with two attached hydrogens (primary N) is 1. The number of hydrogen-bond acceptors (Lipinski definition) is 2. The lowest BCUT2D eigenvalue weighted by Crippen LogP contribution is -2.34. The van der Waals surface area contributed by atoms with Crippen LogP contribution in [-0.4, -0.2) is 18.5 Å². The summed E-state index contributed by atoms with van der Waals surface area (Å²) in [5.74, 6) is -0.0379. The maximum atomic E-state index is 13.4. The van der Waals surface area contributed by atoms with Crippen molar-refractivity contribution in [3.8, 4) is 0 Å². The van der Waals surface area contributed by atoms with Gasteiger partial charge in [-0.3, -0.25) is 4.79 Å². The van der Waals surface area contributed by atoms with Crippen molar-refractivity contribution < 1.29 is 9.18 Å². The van der Waals surface area contributed by atoms with Gasteiger partial charge < -0.3 is 11.1 Å². The summed E-state index contributed by atoms with van der Waals surface area (Å²) in [5, 5.41) is 2.88. The van der Waals surface area contributed by atoms with Gasteiger partial charge in [0.1, 0.15) is 5.82 Å². The summed E-state index contributed by atoms with van der Waals surface area (Å²) >= 11 is 0. The van der Waals surface area contributed by atoms with Gasteiger partial charge in [0.05, 0.1) is 0 Å². The second-order valence-electron chi connectivity index (χ2n) is 5.45. The molecule has 1 aliphatic rings. The van der Waals surface area contributed by atoms with E-state index in [0.717, 1.165) is 25.7 Å². The monoisotopic (exact) mass is 264 g/mol. The molecule has 4 heteroatoms. The van der Waals surface area contributed by atoms with E-state index in [9.17, 15) is 9.18 Å². The molecular formula is C15H21FN2O. The average Bonchev–Trinajstić information content (AvgIpc) is 2.41. The fourth-order valence-corrected chi connectivity index (χ4v) is 2.47. The zero-order chi connectivity index (χ0) is 13.8. The lowest BCUT2D eigenvalue weighted by molar-refractivity contribution is 0.0942. The van der Waals surface area contributed by atoms with E-state index >= 15 is 0 Å². The predicted molar refractivity (Wildman–Crippen MR) is 73.4 cm³/mol. The van der Waals surface area contributed by atoms with E-state index in [1.807, 2.05) is 0 Å². The van der Waals surface area contributed by atoms with Gasteiger partial charge in [-0.15, -0.1) is 0 Å². The first-order chi connectivity index (χ1) is 9.06. The SMILES string of the molecule is Cc1ccc(C(=O)NCC2CCC(N)CC2)cc1F. The Labute approximate surface area is 113 Å². The van der Waals surface area contributed by atoms with Gasteiger partial charge in [0.15, 0.2) is 0 Å². The molecule has 0 bridgehead atoms. The van der Waals surface area contributed by atoms with E-state index < -0.39 is 0 Å².